The first-order valence-electron chi connectivity index (χ1n) is 7.62. The van der Waals surface area contributed by atoms with Crippen LogP contribution in [0.5, 0.6) is 0 Å². The molecule has 2 N–H and O–H groups in total. The summed E-state index contributed by atoms with van der Waals surface area (Å²) in [6.45, 7) is 0. The maximum Gasteiger partial charge on any atom is 0.416 e. The molecule has 7 heteroatoms. The Kier molecular flexibility index (Phi) is 5.57. The lowest BCUT2D eigenvalue weighted by molar-refractivity contribution is -0.137. The number of hydrogen-bond acceptors (Lipinski definition) is 2. The minimum Gasteiger partial charge on any atom is -0.353 e. The number of amides is 1. The van der Waals surface area contributed by atoms with Crippen LogP contribution in [0, 0.1) is 0 Å². The van der Waals surface area contributed by atoms with Gasteiger partial charge in [-0.1, -0.05) is 12.1 Å². The highest BCUT2D eigenvalue weighted by atomic mass is 35.5. The van der Waals surface area contributed by atoms with Crippen LogP contribution < -0.4 is 10.6 Å². The Labute approximate surface area is 139 Å². The zero-order chi connectivity index (χ0) is 15.7. The topological polar surface area (TPSA) is 41.1 Å². The Morgan fingerprint density at radius 3 is 2.22 bits per heavy atom. The van der Waals surface area contributed by atoms with E-state index in [4.69, 9.17) is 0 Å². The predicted octanol–water partition coefficient (Wildman–Crippen LogP) is 3.07. The highest BCUT2D eigenvalue weighted by molar-refractivity contribution is 5.85. The van der Waals surface area contributed by atoms with E-state index in [0.29, 0.717) is 17.6 Å². The van der Waals surface area contributed by atoms with Crippen LogP contribution in [0.2, 0.25) is 0 Å². The van der Waals surface area contributed by atoms with Gasteiger partial charge in [-0.25, -0.2) is 0 Å². The van der Waals surface area contributed by atoms with Crippen LogP contribution in [0.3, 0.4) is 0 Å². The maximum atomic E-state index is 12.5. The van der Waals surface area contributed by atoms with Gasteiger partial charge >= 0.3 is 6.18 Å². The van der Waals surface area contributed by atoms with Crippen molar-refractivity contribution in [1.29, 1.82) is 0 Å². The number of rotatable bonds is 3. The van der Waals surface area contributed by atoms with Gasteiger partial charge in [0.05, 0.1) is 12.0 Å². The van der Waals surface area contributed by atoms with Crippen LogP contribution >= 0.6 is 12.4 Å². The fourth-order valence-corrected chi connectivity index (χ4v) is 3.45. The molecular weight excluding hydrogens is 329 g/mol. The van der Waals surface area contributed by atoms with Crippen molar-refractivity contribution in [3.63, 3.8) is 0 Å². The second kappa shape index (κ2) is 7.09. The van der Waals surface area contributed by atoms with Gasteiger partial charge in [0.25, 0.3) is 0 Å². The van der Waals surface area contributed by atoms with E-state index in [0.717, 1.165) is 37.8 Å². The third kappa shape index (κ3) is 4.61. The van der Waals surface area contributed by atoms with Crippen molar-refractivity contribution < 1.29 is 18.0 Å². The highest BCUT2D eigenvalue weighted by Crippen LogP contribution is 2.29. The van der Waals surface area contributed by atoms with E-state index in [2.05, 4.69) is 10.6 Å². The van der Waals surface area contributed by atoms with E-state index in [-0.39, 0.29) is 30.8 Å². The van der Waals surface area contributed by atoms with Crippen LogP contribution in [-0.4, -0.2) is 24.0 Å². The lowest BCUT2D eigenvalue weighted by Crippen LogP contribution is -2.48. The molecule has 3 nitrogen and oxygen atoms in total. The van der Waals surface area contributed by atoms with Crippen molar-refractivity contribution in [2.45, 2.75) is 56.4 Å². The summed E-state index contributed by atoms with van der Waals surface area (Å²) in [5, 5.41) is 6.52. The molecule has 2 aliphatic rings. The second-order valence-corrected chi connectivity index (χ2v) is 6.25. The number of carbonyl (C=O) groups is 1. The van der Waals surface area contributed by atoms with Crippen molar-refractivity contribution >= 4 is 18.3 Å². The van der Waals surface area contributed by atoms with Gasteiger partial charge in [-0.3, -0.25) is 4.79 Å². The molecule has 0 aromatic heterocycles. The molecule has 0 radical (unpaired) electrons. The molecule has 0 aliphatic carbocycles. The average molecular weight is 349 g/mol. The fraction of sp³-hybridized carbons (Fsp3) is 0.562. The summed E-state index contributed by atoms with van der Waals surface area (Å²) in [6.07, 6.45) is -0.0110. The van der Waals surface area contributed by atoms with Gasteiger partial charge in [-0.15, -0.1) is 12.4 Å². The molecule has 3 rings (SSSR count). The van der Waals surface area contributed by atoms with Crippen molar-refractivity contribution in [2.24, 2.45) is 0 Å². The number of benzene rings is 1. The first-order chi connectivity index (χ1) is 10.4. The van der Waals surface area contributed by atoms with Gasteiger partial charge in [-0.2, -0.15) is 13.2 Å². The largest absolute Gasteiger partial charge is 0.416 e. The number of carbonyl (C=O) groups excluding carboxylic acids is 1. The zero-order valence-electron chi connectivity index (χ0n) is 12.5. The lowest BCUT2D eigenvalue weighted by atomic mass is 9.99. The van der Waals surface area contributed by atoms with Crippen LogP contribution in [0.1, 0.15) is 36.8 Å². The molecule has 23 heavy (non-hydrogen) atoms. The SMILES string of the molecule is Cl.O=C(Cc1ccc(C(F)(F)F)cc1)NC1CC2CCC(C1)N2. The van der Waals surface area contributed by atoms with Crippen molar-refractivity contribution in [3.8, 4) is 0 Å². The molecule has 2 aliphatic heterocycles. The van der Waals surface area contributed by atoms with E-state index in [1.54, 1.807) is 0 Å². The van der Waals surface area contributed by atoms with E-state index in [1.165, 1.54) is 12.1 Å². The summed E-state index contributed by atoms with van der Waals surface area (Å²) < 4.78 is 37.5. The number of fused-ring (bicyclic) bond motifs is 2. The summed E-state index contributed by atoms with van der Waals surface area (Å²) in [7, 11) is 0. The van der Waals surface area contributed by atoms with Gasteiger partial charge < -0.3 is 10.6 Å². The van der Waals surface area contributed by atoms with Gasteiger partial charge in [0.2, 0.25) is 5.91 Å². The minimum absolute atomic E-state index is 0. The first-order valence-corrected chi connectivity index (χ1v) is 7.62. The second-order valence-electron chi connectivity index (χ2n) is 6.25. The van der Waals surface area contributed by atoms with E-state index < -0.39 is 11.7 Å². The van der Waals surface area contributed by atoms with Gasteiger partial charge in [0, 0.05) is 18.1 Å². The average Bonchev–Trinajstić information content (AvgIpc) is 2.77. The third-order valence-corrected chi connectivity index (χ3v) is 4.48. The Balaban J connectivity index is 0.00000192. The highest BCUT2D eigenvalue weighted by Gasteiger charge is 2.34. The Morgan fingerprint density at radius 1 is 1.13 bits per heavy atom. The summed E-state index contributed by atoms with van der Waals surface area (Å²) in [4.78, 5) is 12.0. The van der Waals surface area contributed by atoms with Crippen molar-refractivity contribution in [3.05, 3.63) is 35.4 Å². The molecule has 2 bridgehead atoms. The van der Waals surface area contributed by atoms with Crippen LogP contribution in [0.4, 0.5) is 13.2 Å². The molecule has 1 amide bonds. The Hall–Kier alpha value is -1.27. The molecule has 2 saturated heterocycles. The quantitative estimate of drug-likeness (QED) is 0.881. The van der Waals surface area contributed by atoms with Crippen molar-refractivity contribution in [2.75, 3.05) is 0 Å². The molecule has 2 fully saturated rings. The standard InChI is InChI=1S/C16H19F3N2O.ClH/c17-16(18,19)11-3-1-10(2-4-11)7-15(22)21-14-8-12-5-6-13(9-14)20-12;/h1-4,12-14,20H,5-9H2,(H,21,22);1H. The fourth-order valence-electron chi connectivity index (χ4n) is 3.45. The van der Waals surface area contributed by atoms with Crippen molar-refractivity contribution in [1.82, 2.24) is 10.6 Å². The monoisotopic (exact) mass is 348 g/mol. The smallest absolute Gasteiger partial charge is 0.353 e. The molecule has 0 spiro atoms. The molecule has 0 saturated carbocycles. The Bertz CT molecular complexity index is 535. The van der Waals surface area contributed by atoms with E-state index in [9.17, 15) is 18.0 Å². The summed E-state index contributed by atoms with van der Waals surface area (Å²) in [5.74, 6) is -0.119. The van der Waals surface area contributed by atoms with Crippen LogP contribution in [0.25, 0.3) is 0 Å². The molecule has 1 aromatic rings. The van der Waals surface area contributed by atoms with Gasteiger partial charge in [0.1, 0.15) is 0 Å². The number of hydrogen-bond donors (Lipinski definition) is 2. The van der Waals surface area contributed by atoms with Gasteiger partial charge in [0.15, 0.2) is 0 Å². The molecule has 2 unspecified atom stereocenters. The normalized spacial score (nSPS) is 26.5. The minimum atomic E-state index is -4.34. The third-order valence-electron chi connectivity index (χ3n) is 4.48. The first kappa shape index (κ1) is 18.1. The molecule has 128 valence electrons. The summed E-state index contributed by atoms with van der Waals surface area (Å²) >= 11 is 0. The Morgan fingerprint density at radius 2 is 1.70 bits per heavy atom. The predicted molar refractivity (Wildman–Crippen MR) is 83.5 cm³/mol. The zero-order valence-corrected chi connectivity index (χ0v) is 13.3. The van der Waals surface area contributed by atoms with E-state index in [1.807, 2.05) is 0 Å². The van der Waals surface area contributed by atoms with E-state index >= 15 is 0 Å². The summed E-state index contributed by atoms with van der Waals surface area (Å²) in [6, 6.07) is 5.95. The van der Waals surface area contributed by atoms with Gasteiger partial charge in [-0.05, 0) is 43.4 Å². The number of alkyl halides is 3. The number of halogens is 4. The molecular formula is C16H20ClF3N2O. The number of piperidine rings is 1. The number of nitrogens with one attached hydrogen (secondary N) is 2. The van der Waals surface area contributed by atoms with Crippen LogP contribution in [-0.2, 0) is 17.4 Å². The summed E-state index contributed by atoms with van der Waals surface area (Å²) in [5.41, 5.74) is -0.0889. The van der Waals surface area contributed by atoms with Crippen LogP contribution in [0.15, 0.2) is 24.3 Å². The maximum absolute atomic E-state index is 12.5. The lowest BCUT2D eigenvalue weighted by Gasteiger charge is -2.29. The molecule has 1 aromatic carbocycles. The molecule has 2 heterocycles. The molecule has 2 atom stereocenters.